The molecule has 1 saturated heterocycles. The summed E-state index contributed by atoms with van der Waals surface area (Å²) in [6.45, 7) is 7.26. The maximum atomic E-state index is 12.0. The number of nitrogens with two attached hydrogens (primary N) is 1. The van der Waals surface area contributed by atoms with E-state index in [1.807, 2.05) is 13.8 Å². The van der Waals surface area contributed by atoms with Crippen LogP contribution in [0.3, 0.4) is 0 Å². The van der Waals surface area contributed by atoms with Crippen LogP contribution in [0.25, 0.3) is 0 Å². The van der Waals surface area contributed by atoms with Gasteiger partial charge in [0.15, 0.2) is 6.04 Å². The largest absolute Gasteiger partial charge is 0.464 e. The predicted octanol–water partition coefficient (Wildman–Crippen LogP) is -0.796. The molecule has 1 heterocycles. The predicted molar refractivity (Wildman–Crippen MR) is 72.6 cm³/mol. The molecule has 20 heavy (non-hydrogen) atoms. The molecule has 114 valence electrons. The topological polar surface area (TPSA) is 92.9 Å². The maximum Gasteiger partial charge on any atom is 0.332 e. The molecule has 0 aromatic rings. The van der Waals surface area contributed by atoms with Crippen LogP contribution in [-0.4, -0.2) is 66.4 Å². The summed E-state index contributed by atoms with van der Waals surface area (Å²) in [6, 6.07) is -1.28. The molecule has 1 atom stereocenters. The van der Waals surface area contributed by atoms with Crippen LogP contribution in [0, 0.1) is 5.92 Å². The average molecular weight is 285 g/mol. The third kappa shape index (κ3) is 3.93. The van der Waals surface area contributed by atoms with Gasteiger partial charge in [0.05, 0.1) is 6.61 Å². The van der Waals surface area contributed by atoms with Crippen molar-refractivity contribution in [2.75, 3.05) is 32.8 Å². The van der Waals surface area contributed by atoms with E-state index in [4.69, 9.17) is 10.5 Å². The summed E-state index contributed by atoms with van der Waals surface area (Å²) in [7, 11) is 0. The molecule has 1 unspecified atom stereocenters. The van der Waals surface area contributed by atoms with E-state index in [9.17, 15) is 14.4 Å². The van der Waals surface area contributed by atoms with Gasteiger partial charge in [-0.3, -0.25) is 9.59 Å². The van der Waals surface area contributed by atoms with Gasteiger partial charge in [-0.25, -0.2) is 4.79 Å². The zero-order valence-corrected chi connectivity index (χ0v) is 12.3. The van der Waals surface area contributed by atoms with Crippen molar-refractivity contribution in [3.8, 4) is 0 Å². The van der Waals surface area contributed by atoms with Crippen molar-refractivity contribution in [3.63, 3.8) is 0 Å². The highest BCUT2D eigenvalue weighted by Gasteiger charge is 2.31. The molecule has 7 heteroatoms. The molecule has 0 aliphatic carbocycles. The number of hydrogen-bond acceptors (Lipinski definition) is 5. The molecular formula is C13H23N3O4. The average Bonchev–Trinajstić information content (AvgIpc) is 2.45. The number of carbonyl (C=O) groups excluding carboxylic acids is 3. The van der Waals surface area contributed by atoms with Gasteiger partial charge in [-0.15, -0.1) is 0 Å². The Bertz CT molecular complexity index is 376. The SMILES string of the molecule is CCOC(=O)C(N)C(=O)N1CCN(C(=O)C(C)C)CC1. The van der Waals surface area contributed by atoms with E-state index in [2.05, 4.69) is 0 Å². The highest BCUT2D eigenvalue weighted by atomic mass is 16.5. The minimum Gasteiger partial charge on any atom is -0.464 e. The number of amides is 2. The molecule has 1 aliphatic heterocycles. The molecule has 0 radical (unpaired) electrons. The standard InChI is InChI=1S/C13H23N3O4/c1-4-20-13(19)10(14)12(18)16-7-5-15(6-8-16)11(17)9(2)3/h9-10H,4-8,14H2,1-3H3. The summed E-state index contributed by atoms with van der Waals surface area (Å²) in [5.41, 5.74) is 5.57. The summed E-state index contributed by atoms with van der Waals surface area (Å²) in [5, 5.41) is 0. The second-order valence-corrected chi connectivity index (χ2v) is 5.03. The second-order valence-electron chi connectivity index (χ2n) is 5.03. The quantitative estimate of drug-likeness (QED) is 0.539. The van der Waals surface area contributed by atoms with E-state index in [-0.39, 0.29) is 18.4 Å². The van der Waals surface area contributed by atoms with Gasteiger partial charge >= 0.3 is 5.97 Å². The summed E-state index contributed by atoms with van der Waals surface area (Å²) in [4.78, 5) is 38.5. The van der Waals surface area contributed by atoms with Gasteiger partial charge in [-0.2, -0.15) is 0 Å². The number of esters is 1. The fourth-order valence-corrected chi connectivity index (χ4v) is 2.04. The molecule has 2 amide bonds. The molecule has 1 fully saturated rings. The number of piperazine rings is 1. The first kappa shape index (κ1) is 16.4. The molecular weight excluding hydrogens is 262 g/mol. The Hall–Kier alpha value is -1.63. The number of carbonyl (C=O) groups is 3. The van der Waals surface area contributed by atoms with Crippen LogP contribution in [0.15, 0.2) is 0 Å². The van der Waals surface area contributed by atoms with Gasteiger partial charge in [-0.1, -0.05) is 13.8 Å². The minimum absolute atomic E-state index is 0.0564. The van der Waals surface area contributed by atoms with Crippen LogP contribution >= 0.6 is 0 Å². The third-order valence-corrected chi connectivity index (χ3v) is 3.20. The molecule has 0 bridgehead atoms. The normalized spacial score (nSPS) is 17.1. The number of ether oxygens (including phenoxy) is 1. The number of nitrogens with zero attached hydrogens (tertiary/aromatic N) is 2. The Morgan fingerprint density at radius 3 is 1.90 bits per heavy atom. The lowest BCUT2D eigenvalue weighted by Gasteiger charge is -2.36. The van der Waals surface area contributed by atoms with Crippen LogP contribution in [0.2, 0.25) is 0 Å². The summed E-state index contributed by atoms with van der Waals surface area (Å²) >= 11 is 0. The highest BCUT2D eigenvalue weighted by Crippen LogP contribution is 2.08. The van der Waals surface area contributed by atoms with E-state index in [1.165, 1.54) is 4.90 Å². The van der Waals surface area contributed by atoms with Crippen molar-refractivity contribution in [1.29, 1.82) is 0 Å². The first-order valence-electron chi connectivity index (χ1n) is 6.88. The van der Waals surface area contributed by atoms with Crippen molar-refractivity contribution in [1.82, 2.24) is 9.80 Å². The first-order chi connectivity index (χ1) is 9.38. The summed E-state index contributed by atoms with van der Waals surface area (Å²) < 4.78 is 4.73. The Balaban J connectivity index is 2.50. The van der Waals surface area contributed by atoms with Crippen molar-refractivity contribution < 1.29 is 19.1 Å². The number of hydrogen-bond donors (Lipinski definition) is 1. The molecule has 1 aliphatic rings. The molecule has 2 N–H and O–H groups in total. The Morgan fingerprint density at radius 1 is 1.05 bits per heavy atom. The first-order valence-corrected chi connectivity index (χ1v) is 6.88. The minimum atomic E-state index is -1.28. The van der Waals surface area contributed by atoms with Gasteiger partial charge in [-0.05, 0) is 6.92 Å². The highest BCUT2D eigenvalue weighted by molar-refractivity contribution is 6.01. The van der Waals surface area contributed by atoms with Gasteiger partial charge in [0.25, 0.3) is 5.91 Å². The van der Waals surface area contributed by atoms with Crippen molar-refractivity contribution in [3.05, 3.63) is 0 Å². The van der Waals surface area contributed by atoms with Gasteiger partial charge in [0, 0.05) is 32.1 Å². The molecule has 0 aromatic heterocycles. The second kappa shape index (κ2) is 7.23. The third-order valence-electron chi connectivity index (χ3n) is 3.20. The van der Waals surface area contributed by atoms with Crippen LogP contribution < -0.4 is 5.73 Å². The molecule has 1 rings (SSSR count). The van der Waals surface area contributed by atoms with Gasteiger partial charge in [0.1, 0.15) is 0 Å². The Labute approximate surface area is 119 Å². The smallest absolute Gasteiger partial charge is 0.332 e. The zero-order valence-electron chi connectivity index (χ0n) is 12.3. The zero-order chi connectivity index (χ0) is 15.3. The van der Waals surface area contributed by atoms with Crippen LogP contribution in [0.1, 0.15) is 20.8 Å². The molecule has 0 aromatic carbocycles. The van der Waals surface area contributed by atoms with E-state index in [0.717, 1.165) is 0 Å². The van der Waals surface area contributed by atoms with E-state index >= 15 is 0 Å². The van der Waals surface area contributed by atoms with Crippen LogP contribution in [-0.2, 0) is 19.1 Å². The molecule has 0 saturated carbocycles. The lowest BCUT2D eigenvalue weighted by Crippen LogP contribution is -2.56. The van der Waals surface area contributed by atoms with E-state index < -0.39 is 17.9 Å². The lowest BCUT2D eigenvalue weighted by atomic mass is 10.1. The summed E-state index contributed by atoms with van der Waals surface area (Å²) in [5.74, 6) is -1.14. The number of rotatable bonds is 4. The summed E-state index contributed by atoms with van der Waals surface area (Å²) in [6.07, 6.45) is 0. The lowest BCUT2D eigenvalue weighted by molar-refractivity contribution is -0.152. The van der Waals surface area contributed by atoms with Crippen LogP contribution in [0.5, 0.6) is 0 Å². The Kier molecular flexibility index (Phi) is 5.94. The van der Waals surface area contributed by atoms with Crippen molar-refractivity contribution in [2.45, 2.75) is 26.8 Å². The van der Waals surface area contributed by atoms with Crippen LogP contribution in [0.4, 0.5) is 0 Å². The van der Waals surface area contributed by atoms with Crippen molar-refractivity contribution >= 4 is 17.8 Å². The van der Waals surface area contributed by atoms with Gasteiger partial charge < -0.3 is 20.3 Å². The Morgan fingerprint density at radius 2 is 1.50 bits per heavy atom. The fourth-order valence-electron chi connectivity index (χ4n) is 2.04. The van der Waals surface area contributed by atoms with E-state index in [1.54, 1.807) is 11.8 Å². The van der Waals surface area contributed by atoms with Gasteiger partial charge in [0.2, 0.25) is 5.91 Å². The van der Waals surface area contributed by atoms with Crippen molar-refractivity contribution in [2.24, 2.45) is 11.7 Å². The fraction of sp³-hybridized carbons (Fsp3) is 0.769. The van der Waals surface area contributed by atoms with E-state index in [0.29, 0.717) is 26.2 Å². The monoisotopic (exact) mass is 285 g/mol. The molecule has 0 spiro atoms. The maximum absolute atomic E-state index is 12.0. The molecule has 7 nitrogen and oxygen atoms in total.